The van der Waals surface area contributed by atoms with Gasteiger partial charge in [0.1, 0.15) is 17.2 Å². The molecule has 0 saturated heterocycles. The summed E-state index contributed by atoms with van der Waals surface area (Å²) >= 11 is 0. The first-order chi connectivity index (χ1) is 10.6. The zero-order chi connectivity index (χ0) is 15.3. The predicted molar refractivity (Wildman–Crippen MR) is 84.4 cm³/mol. The van der Waals surface area contributed by atoms with Crippen molar-refractivity contribution in [2.45, 2.75) is 37.5 Å². The van der Waals surface area contributed by atoms with Crippen LogP contribution in [-0.2, 0) is 6.42 Å². The molecule has 3 unspecified atom stereocenters. The van der Waals surface area contributed by atoms with Gasteiger partial charge in [-0.2, -0.15) is 0 Å². The fraction of sp³-hybridized carbons (Fsp3) is 0.368. The molecule has 3 nitrogen and oxygen atoms in total. The summed E-state index contributed by atoms with van der Waals surface area (Å²) in [6.07, 6.45) is 4.30. The van der Waals surface area contributed by atoms with Crippen molar-refractivity contribution in [3.8, 4) is 17.2 Å². The average Bonchev–Trinajstić information content (AvgIpc) is 2.97. The summed E-state index contributed by atoms with van der Waals surface area (Å²) in [4.78, 5) is 0. The lowest BCUT2D eigenvalue weighted by atomic mass is 9.68. The van der Waals surface area contributed by atoms with Crippen LogP contribution in [0.15, 0.2) is 36.4 Å². The van der Waals surface area contributed by atoms with E-state index in [0.29, 0.717) is 17.8 Å². The van der Waals surface area contributed by atoms with Crippen LogP contribution < -0.4 is 0 Å². The van der Waals surface area contributed by atoms with Crippen LogP contribution >= 0.6 is 0 Å². The first kappa shape index (κ1) is 13.5. The Labute approximate surface area is 129 Å². The molecule has 0 aliphatic heterocycles. The molecule has 0 aromatic heterocycles. The lowest BCUT2D eigenvalue weighted by molar-refractivity contribution is 0.351. The van der Waals surface area contributed by atoms with Gasteiger partial charge in [0.2, 0.25) is 0 Å². The summed E-state index contributed by atoms with van der Waals surface area (Å²) in [7, 11) is 0. The van der Waals surface area contributed by atoms with Crippen LogP contribution in [0.4, 0.5) is 0 Å². The first-order valence-corrected chi connectivity index (χ1v) is 7.97. The lowest BCUT2D eigenvalue weighted by Crippen LogP contribution is -2.25. The van der Waals surface area contributed by atoms with Gasteiger partial charge in [-0.25, -0.2) is 0 Å². The number of hydrogen-bond donors (Lipinski definition) is 3. The Bertz CT molecular complexity index is 705. The molecule has 0 radical (unpaired) electrons. The Hall–Kier alpha value is -2.16. The zero-order valence-electron chi connectivity index (χ0n) is 12.4. The van der Waals surface area contributed by atoms with E-state index in [1.165, 1.54) is 24.5 Å². The number of benzene rings is 2. The molecule has 2 aliphatic carbocycles. The minimum atomic E-state index is 0.157. The molecule has 2 aromatic rings. The highest BCUT2D eigenvalue weighted by molar-refractivity contribution is 5.50. The number of aromatic hydroxyl groups is 3. The normalized spacial score (nSPS) is 26.5. The minimum Gasteiger partial charge on any atom is -0.508 e. The second-order valence-electron chi connectivity index (χ2n) is 6.64. The fourth-order valence-corrected chi connectivity index (χ4v) is 4.53. The van der Waals surface area contributed by atoms with Gasteiger partial charge in [0.25, 0.3) is 0 Å². The van der Waals surface area contributed by atoms with Gasteiger partial charge in [0, 0.05) is 6.07 Å². The third-order valence-corrected chi connectivity index (χ3v) is 5.48. The van der Waals surface area contributed by atoms with Gasteiger partial charge in [0.15, 0.2) is 0 Å². The standard InChI is InChI=1S/C19H20O3/c20-12-6-4-11(5-7-12)16-10-18-17(8-13(21)9-19(18)22)15-3-1-2-14(15)16/h4-9,14-16,20-22H,1-3,10H2. The summed E-state index contributed by atoms with van der Waals surface area (Å²) in [5.74, 6) is 2.00. The largest absolute Gasteiger partial charge is 0.508 e. The maximum atomic E-state index is 10.3. The highest BCUT2D eigenvalue weighted by atomic mass is 16.3. The van der Waals surface area contributed by atoms with Gasteiger partial charge < -0.3 is 15.3 Å². The molecular weight excluding hydrogens is 276 g/mol. The van der Waals surface area contributed by atoms with Crippen molar-refractivity contribution in [3.63, 3.8) is 0 Å². The Morgan fingerprint density at radius 1 is 0.818 bits per heavy atom. The Balaban J connectivity index is 1.81. The molecule has 3 heteroatoms. The number of phenolic OH excluding ortho intramolecular Hbond substituents is 3. The molecule has 22 heavy (non-hydrogen) atoms. The summed E-state index contributed by atoms with van der Waals surface area (Å²) in [5, 5.41) is 29.6. The molecular formula is C19H20O3. The van der Waals surface area contributed by atoms with Crippen molar-refractivity contribution in [1.29, 1.82) is 0 Å². The van der Waals surface area contributed by atoms with Crippen LogP contribution in [-0.4, -0.2) is 15.3 Å². The van der Waals surface area contributed by atoms with E-state index < -0.39 is 0 Å². The van der Waals surface area contributed by atoms with Crippen molar-refractivity contribution in [3.05, 3.63) is 53.1 Å². The molecule has 0 amide bonds. The van der Waals surface area contributed by atoms with Crippen LogP contribution in [0.25, 0.3) is 0 Å². The van der Waals surface area contributed by atoms with E-state index in [9.17, 15) is 15.3 Å². The second kappa shape index (κ2) is 4.94. The van der Waals surface area contributed by atoms with E-state index in [1.807, 2.05) is 18.2 Å². The van der Waals surface area contributed by atoms with Gasteiger partial charge >= 0.3 is 0 Å². The quantitative estimate of drug-likeness (QED) is 0.744. The number of rotatable bonds is 1. The smallest absolute Gasteiger partial charge is 0.122 e. The van der Waals surface area contributed by atoms with Crippen LogP contribution in [0, 0.1) is 5.92 Å². The van der Waals surface area contributed by atoms with E-state index in [2.05, 4.69) is 0 Å². The fourth-order valence-electron chi connectivity index (χ4n) is 4.53. The maximum absolute atomic E-state index is 10.3. The Morgan fingerprint density at radius 2 is 1.59 bits per heavy atom. The molecule has 4 rings (SSSR count). The van der Waals surface area contributed by atoms with Crippen molar-refractivity contribution in [1.82, 2.24) is 0 Å². The summed E-state index contributed by atoms with van der Waals surface area (Å²) in [6, 6.07) is 10.8. The molecule has 2 aliphatic rings. The zero-order valence-corrected chi connectivity index (χ0v) is 12.4. The molecule has 3 N–H and O–H groups in total. The SMILES string of the molecule is Oc1ccc(C2Cc3c(O)cc(O)cc3C3CCCC23)cc1. The molecule has 2 aromatic carbocycles. The van der Waals surface area contributed by atoms with Gasteiger partial charge in [-0.3, -0.25) is 0 Å². The van der Waals surface area contributed by atoms with E-state index in [0.717, 1.165) is 24.0 Å². The summed E-state index contributed by atoms with van der Waals surface area (Å²) in [6.45, 7) is 0. The van der Waals surface area contributed by atoms with Crippen LogP contribution in [0.2, 0.25) is 0 Å². The first-order valence-electron chi connectivity index (χ1n) is 7.97. The highest BCUT2D eigenvalue weighted by Gasteiger charge is 2.41. The molecule has 1 fully saturated rings. The van der Waals surface area contributed by atoms with Crippen molar-refractivity contribution >= 4 is 0 Å². The van der Waals surface area contributed by atoms with E-state index in [4.69, 9.17) is 0 Å². The molecule has 114 valence electrons. The van der Waals surface area contributed by atoms with Crippen molar-refractivity contribution in [2.75, 3.05) is 0 Å². The predicted octanol–water partition coefficient (Wildman–Crippen LogP) is 4.03. The summed E-state index contributed by atoms with van der Waals surface area (Å²) in [5.41, 5.74) is 3.35. The summed E-state index contributed by atoms with van der Waals surface area (Å²) < 4.78 is 0. The topological polar surface area (TPSA) is 60.7 Å². The third kappa shape index (κ3) is 2.04. The van der Waals surface area contributed by atoms with E-state index in [-0.39, 0.29) is 17.2 Å². The Kier molecular flexibility index (Phi) is 3.03. The van der Waals surface area contributed by atoms with Crippen LogP contribution in [0.5, 0.6) is 17.2 Å². The lowest BCUT2D eigenvalue weighted by Gasteiger charge is -2.36. The van der Waals surface area contributed by atoms with Crippen molar-refractivity contribution < 1.29 is 15.3 Å². The molecule has 0 spiro atoms. The third-order valence-electron chi connectivity index (χ3n) is 5.48. The van der Waals surface area contributed by atoms with Crippen LogP contribution in [0.1, 0.15) is 47.8 Å². The average molecular weight is 296 g/mol. The Morgan fingerprint density at radius 3 is 2.36 bits per heavy atom. The monoisotopic (exact) mass is 296 g/mol. The number of phenols is 3. The van der Waals surface area contributed by atoms with E-state index >= 15 is 0 Å². The van der Waals surface area contributed by atoms with Gasteiger partial charge in [-0.05, 0) is 71.9 Å². The minimum absolute atomic E-state index is 0.157. The van der Waals surface area contributed by atoms with Crippen molar-refractivity contribution in [2.24, 2.45) is 5.92 Å². The van der Waals surface area contributed by atoms with Gasteiger partial charge in [0.05, 0.1) is 0 Å². The molecule has 0 heterocycles. The molecule has 1 saturated carbocycles. The van der Waals surface area contributed by atoms with Gasteiger partial charge in [-0.1, -0.05) is 18.6 Å². The molecule has 0 bridgehead atoms. The second-order valence-corrected chi connectivity index (χ2v) is 6.64. The van der Waals surface area contributed by atoms with E-state index in [1.54, 1.807) is 12.1 Å². The number of hydrogen-bond acceptors (Lipinski definition) is 3. The number of fused-ring (bicyclic) bond motifs is 3. The maximum Gasteiger partial charge on any atom is 0.122 e. The highest BCUT2D eigenvalue weighted by Crippen LogP contribution is 2.54. The van der Waals surface area contributed by atoms with Gasteiger partial charge in [-0.15, -0.1) is 0 Å². The van der Waals surface area contributed by atoms with Crippen LogP contribution in [0.3, 0.4) is 0 Å². The molecule has 3 atom stereocenters.